The second kappa shape index (κ2) is 6.58. The van der Waals surface area contributed by atoms with Gasteiger partial charge in [-0.2, -0.15) is 0 Å². The molecule has 0 fully saturated rings. The lowest BCUT2D eigenvalue weighted by molar-refractivity contribution is 0.691. The van der Waals surface area contributed by atoms with E-state index >= 15 is 0 Å². The highest BCUT2D eigenvalue weighted by atomic mass is 15.1. The Morgan fingerprint density at radius 2 is 1.70 bits per heavy atom. The molecule has 1 N–H and O–H groups in total. The van der Waals surface area contributed by atoms with Crippen molar-refractivity contribution in [3.8, 4) is 0 Å². The van der Waals surface area contributed by atoms with Crippen LogP contribution < -0.4 is 10.2 Å². The Kier molecular flexibility index (Phi) is 4.80. The summed E-state index contributed by atoms with van der Waals surface area (Å²) in [6, 6.07) is 17.8. The maximum atomic E-state index is 3.42. The third kappa shape index (κ3) is 3.20. The van der Waals surface area contributed by atoms with Crippen molar-refractivity contribution in [1.82, 2.24) is 5.32 Å². The summed E-state index contributed by atoms with van der Waals surface area (Å²) in [4.78, 5) is 2.14. The average Bonchev–Trinajstić information content (AvgIpc) is 2.49. The molecule has 106 valence electrons. The molecule has 2 heteroatoms. The number of rotatable bonds is 5. The van der Waals surface area contributed by atoms with Crippen LogP contribution in [-0.4, -0.2) is 21.1 Å². The highest BCUT2D eigenvalue weighted by Crippen LogP contribution is 2.25. The van der Waals surface area contributed by atoms with Crippen molar-refractivity contribution < 1.29 is 0 Å². The first kappa shape index (κ1) is 14.6. The summed E-state index contributed by atoms with van der Waals surface area (Å²) in [6.07, 6.45) is 1.08. The zero-order valence-corrected chi connectivity index (χ0v) is 12.9. The maximum absolute atomic E-state index is 3.42. The minimum atomic E-state index is 0.237. The molecular weight excluding hydrogens is 244 g/mol. The number of nitrogens with zero attached hydrogens (tertiary/aromatic N) is 1. The maximum Gasteiger partial charge on any atom is 0.0575 e. The van der Waals surface area contributed by atoms with Crippen molar-refractivity contribution in [2.24, 2.45) is 0 Å². The molecule has 2 nitrogen and oxygen atoms in total. The molecule has 0 aromatic heterocycles. The van der Waals surface area contributed by atoms with Crippen molar-refractivity contribution >= 4 is 5.69 Å². The van der Waals surface area contributed by atoms with Gasteiger partial charge in [-0.15, -0.1) is 0 Å². The van der Waals surface area contributed by atoms with Gasteiger partial charge in [0.1, 0.15) is 0 Å². The molecule has 2 aromatic carbocycles. The molecule has 0 aliphatic carbocycles. The summed E-state index contributed by atoms with van der Waals surface area (Å²) in [5.74, 6) is 0. The van der Waals surface area contributed by atoms with E-state index in [9.17, 15) is 0 Å². The van der Waals surface area contributed by atoms with E-state index in [1.807, 2.05) is 7.05 Å². The Morgan fingerprint density at radius 3 is 2.25 bits per heavy atom. The largest absolute Gasteiger partial charge is 0.378 e. The minimum Gasteiger partial charge on any atom is -0.378 e. The van der Waals surface area contributed by atoms with E-state index in [-0.39, 0.29) is 6.04 Å². The van der Waals surface area contributed by atoms with Crippen LogP contribution in [0.3, 0.4) is 0 Å². The van der Waals surface area contributed by atoms with Crippen LogP contribution >= 0.6 is 0 Å². The first-order valence-corrected chi connectivity index (χ1v) is 7.19. The average molecular weight is 268 g/mol. The molecule has 0 saturated heterocycles. The van der Waals surface area contributed by atoms with Gasteiger partial charge in [0, 0.05) is 19.8 Å². The number of anilines is 1. The SMILES string of the molecule is CCc1ccc(C(NC)c2cccc(N(C)C)c2)cc1. The van der Waals surface area contributed by atoms with E-state index in [0.29, 0.717) is 0 Å². The van der Waals surface area contributed by atoms with Crippen LogP contribution in [0.15, 0.2) is 48.5 Å². The Morgan fingerprint density at radius 1 is 1.00 bits per heavy atom. The standard InChI is InChI=1S/C18H24N2/c1-5-14-9-11-15(12-10-14)18(19-2)16-7-6-8-17(13-16)20(3)4/h6-13,18-19H,5H2,1-4H3. The van der Waals surface area contributed by atoms with Gasteiger partial charge in [-0.1, -0.05) is 43.3 Å². The van der Waals surface area contributed by atoms with E-state index in [1.54, 1.807) is 0 Å². The molecule has 0 aliphatic heterocycles. The molecule has 0 saturated carbocycles. The summed E-state index contributed by atoms with van der Waals surface area (Å²) < 4.78 is 0. The van der Waals surface area contributed by atoms with Crippen molar-refractivity contribution in [2.75, 3.05) is 26.0 Å². The van der Waals surface area contributed by atoms with Crippen molar-refractivity contribution in [3.05, 3.63) is 65.2 Å². The van der Waals surface area contributed by atoms with Crippen LogP contribution in [0.25, 0.3) is 0 Å². The molecule has 0 heterocycles. The normalized spacial score (nSPS) is 12.2. The number of nitrogens with one attached hydrogen (secondary N) is 1. The van der Waals surface area contributed by atoms with Crippen molar-refractivity contribution in [2.45, 2.75) is 19.4 Å². The van der Waals surface area contributed by atoms with Gasteiger partial charge in [0.25, 0.3) is 0 Å². The third-order valence-electron chi connectivity index (χ3n) is 3.73. The van der Waals surface area contributed by atoms with Crippen LogP contribution in [0.4, 0.5) is 5.69 Å². The monoisotopic (exact) mass is 268 g/mol. The van der Waals surface area contributed by atoms with E-state index in [1.165, 1.54) is 22.4 Å². The minimum absolute atomic E-state index is 0.237. The first-order valence-electron chi connectivity index (χ1n) is 7.19. The van der Waals surface area contributed by atoms with Crippen LogP contribution in [0.2, 0.25) is 0 Å². The second-order valence-corrected chi connectivity index (χ2v) is 5.31. The lowest BCUT2D eigenvalue weighted by atomic mass is 9.97. The Labute approximate surface area is 122 Å². The molecule has 20 heavy (non-hydrogen) atoms. The van der Waals surface area contributed by atoms with Gasteiger partial charge >= 0.3 is 0 Å². The smallest absolute Gasteiger partial charge is 0.0575 e. The Hall–Kier alpha value is -1.80. The van der Waals surface area contributed by atoms with Crippen LogP contribution in [-0.2, 0) is 6.42 Å². The van der Waals surface area contributed by atoms with Gasteiger partial charge in [0.15, 0.2) is 0 Å². The van der Waals surface area contributed by atoms with Gasteiger partial charge < -0.3 is 10.2 Å². The predicted molar refractivity (Wildman–Crippen MR) is 87.5 cm³/mol. The number of benzene rings is 2. The summed E-state index contributed by atoms with van der Waals surface area (Å²) in [7, 11) is 6.16. The molecule has 1 unspecified atom stereocenters. The summed E-state index contributed by atoms with van der Waals surface area (Å²) in [5, 5.41) is 3.42. The van der Waals surface area contributed by atoms with Gasteiger partial charge in [0.05, 0.1) is 6.04 Å². The van der Waals surface area contributed by atoms with Gasteiger partial charge in [-0.25, -0.2) is 0 Å². The lowest BCUT2D eigenvalue weighted by Gasteiger charge is -2.20. The van der Waals surface area contributed by atoms with Crippen LogP contribution in [0.5, 0.6) is 0 Å². The molecule has 0 bridgehead atoms. The van der Waals surface area contributed by atoms with E-state index in [2.05, 4.69) is 79.8 Å². The van der Waals surface area contributed by atoms with E-state index < -0.39 is 0 Å². The Balaban J connectivity index is 2.33. The predicted octanol–water partition coefficient (Wildman–Crippen LogP) is 3.62. The van der Waals surface area contributed by atoms with Crippen molar-refractivity contribution in [3.63, 3.8) is 0 Å². The summed E-state index contributed by atoms with van der Waals surface area (Å²) >= 11 is 0. The summed E-state index contributed by atoms with van der Waals surface area (Å²) in [5.41, 5.74) is 5.21. The molecule has 2 rings (SSSR count). The fourth-order valence-electron chi connectivity index (χ4n) is 2.45. The molecule has 0 radical (unpaired) electrons. The molecule has 2 aromatic rings. The topological polar surface area (TPSA) is 15.3 Å². The fraction of sp³-hybridized carbons (Fsp3) is 0.333. The number of hydrogen-bond acceptors (Lipinski definition) is 2. The van der Waals surface area contributed by atoms with Gasteiger partial charge in [-0.3, -0.25) is 0 Å². The molecule has 1 atom stereocenters. The molecular formula is C18H24N2. The molecule has 0 amide bonds. The molecule has 0 spiro atoms. The quantitative estimate of drug-likeness (QED) is 0.891. The zero-order chi connectivity index (χ0) is 14.5. The van der Waals surface area contributed by atoms with E-state index in [0.717, 1.165) is 6.42 Å². The third-order valence-corrected chi connectivity index (χ3v) is 3.73. The summed E-state index contributed by atoms with van der Waals surface area (Å²) in [6.45, 7) is 2.19. The van der Waals surface area contributed by atoms with Gasteiger partial charge in [0.2, 0.25) is 0 Å². The number of hydrogen-bond donors (Lipinski definition) is 1. The van der Waals surface area contributed by atoms with Crippen LogP contribution in [0, 0.1) is 0 Å². The first-order chi connectivity index (χ1) is 9.65. The lowest BCUT2D eigenvalue weighted by Crippen LogP contribution is -2.18. The zero-order valence-electron chi connectivity index (χ0n) is 12.9. The second-order valence-electron chi connectivity index (χ2n) is 5.31. The highest BCUT2D eigenvalue weighted by Gasteiger charge is 2.12. The fourth-order valence-corrected chi connectivity index (χ4v) is 2.45. The highest BCUT2D eigenvalue weighted by molar-refractivity contribution is 5.49. The Bertz CT molecular complexity index is 544. The van der Waals surface area contributed by atoms with Gasteiger partial charge in [-0.05, 0) is 42.3 Å². The molecule has 0 aliphatic rings. The van der Waals surface area contributed by atoms with E-state index in [4.69, 9.17) is 0 Å². The number of aryl methyl sites for hydroxylation is 1. The van der Waals surface area contributed by atoms with Crippen molar-refractivity contribution in [1.29, 1.82) is 0 Å². The van der Waals surface area contributed by atoms with Crippen LogP contribution in [0.1, 0.15) is 29.7 Å².